The summed E-state index contributed by atoms with van der Waals surface area (Å²) in [6, 6.07) is 8.62. The number of carbonyl (C=O) groups excluding carboxylic acids is 1. The van der Waals surface area contributed by atoms with Crippen molar-refractivity contribution in [3.8, 4) is 0 Å². The maximum atomic E-state index is 13.2. The van der Waals surface area contributed by atoms with Crippen LogP contribution in [0.25, 0.3) is 16.2 Å². The second-order valence-corrected chi connectivity index (χ2v) is 11.3. The van der Waals surface area contributed by atoms with Crippen molar-refractivity contribution in [3.63, 3.8) is 0 Å². The molecule has 1 aromatic heterocycles. The van der Waals surface area contributed by atoms with E-state index in [1.807, 2.05) is 6.07 Å². The van der Waals surface area contributed by atoms with Crippen LogP contribution in [-0.2, 0) is 9.36 Å². The molecule has 3 aromatic rings. The fourth-order valence-corrected chi connectivity index (χ4v) is 4.97. The van der Waals surface area contributed by atoms with E-state index in [0.29, 0.717) is 16.1 Å². The predicted molar refractivity (Wildman–Crippen MR) is 139 cm³/mol. The Kier molecular flexibility index (Phi) is 11.0. The van der Waals surface area contributed by atoms with Gasteiger partial charge in [0, 0.05) is 22.1 Å². The van der Waals surface area contributed by atoms with E-state index in [-0.39, 0.29) is 12.8 Å². The number of carbonyl (C=O) groups is 1. The molecule has 0 radical (unpaired) electrons. The van der Waals surface area contributed by atoms with Crippen molar-refractivity contribution in [2.24, 2.45) is 0 Å². The highest BCUT2D eigenvalue weighted by Gasteiger charge is 2.25. The number of nitrogens with zero attached hydrogens (tertiary/aromatic N) is 1. The molecule has 35 heavy (non-hydrogen) atoms. The van der Waals surface area contributed by atoms with Crippen LogP contribution in [0.2, 0.25) is 5.02 Å². The highest BCUT2D eigenvalue weighted by molar-refractivity contribution is 7.38. The number of likely N-dealkylation sites (N-methyl/N-ethyl adjacent to an activating group) is 1. The van der Waals surface area contributed by atoms with Crippen LogP contribution < -0.4 is 5.32 Å². The maximum Gasteiger partial charge on any atom is 0.232 e. The number of hydrogen-bond donors (Lipinski definition) is 3. The molecule has 0 aliphatic carbocycles. The molecule has 0 spiro atoms. The quantitative estimate of drug-likeness (QED) is 0.279. The Morgan fingerprint density at radius 2 is 1.91 bits per heavy atom. The lowest BCUT2D eigenvalue weighted by Gasteiger charge is -2.21. The predicted octanol–water partition coefficient (Wildman–Crippen LogP) is 4.86. The molecule has 2 aromatic carbocycles. The lowest BCUT2D eigenvalue weighted by atomic mass is 9.99. The molecule has 0 saturated heterocycles. The van der Waals surface area contributed by atoms with Crippen LogP contribution >= 0.6 is 31.0 Å². The monoisotopic (exact) mass is 545 g/mol. The first kappa shape index (κ1) is 29.1. The van der Waals surface area contributed by atoms with Crippen LogP contribution in [-0.4, -0.2) is 60.8 Å². The second kappa shape index (κ2) is 13.3. The van der Waals surface area contributed by atoms with E-state index in [0.717, 1.165) is 33.2 Å². The molecule has 1 heterocycles. The van der Waals surface area contributed by atoms with Gasteiger partial charge in [-0.25, -0.2) is 8.78 Å². The van der Waals surface area contributed by atoms with Crippen LogP contribution in [0.4, 0.5) is 8.78 Å². The molecule has 3 rings (SSSR count). The zero-order valence-electron chi connectivity index (χ0n) is 19.6. The molecular weight excluding hydrogens is 517 g/mol. The van der Waals surface area contributed by atoms with Crippen molar-refractivity contribution < 1.29 is 32.6 Å². The fourth-order valence-electron chi connectivity index (χ4n) is 3.05. The number of fused-ring (bicyclic) bond motifs is 1. The minimum Gasteiger partial charge on any atom is -0.391 e. The Balaban J connectivity index is 0.000000540. The first-order valence-corrected chi connectivity index (χ1v) is 13.4. The van der Waals surface area contributed by atoms with Crippen molar-refractivity contribution in [2.75, 3.05) is 40.5 Å². The number of aliphatic hydroxyl groups excluding tert-OH is 1. The molecule has 2 atom stereocenters. The number of rotatable bonds is 8. The Morgan fingerprint density at radius 1 is 1.20 bits per heavy atom. The van der Waals surface area contributed by atoms with Crippen LogP contribution in [0.5, 0.6) is 0 Å². The standard InChI is InChI=1S/C19H15ClF2NO3PS.C5H14NO/c20-12-2-4-18-13(8-12)15(10-28-18)14(9-27(25)26)19(24)23-6-5-11-1-3-16(21)17(22)7-11;1-6(2,3)4-5-7/h1-8,10,14,27H,9H2,(H,23,24)(H,25,26);7H,4-5H2,1-3H3/q;+1/b6-5+;. The minimum atomic E-state index is -2.92. The largest absolute Gasteiger partial charge is 0.391 e. The summed E-state index contributed by atoms with van der Waals surface area (Å²) in [5.41, 5.74) is 0.980. The van der Waals surface area contributed by atoms with Gasteiger partial charge in [0.05, 0.1) is 33.7 Å². The van der Waals surface area contributed by atoms with Gasteiger partial charge in [0.2, 0.25) is 5.91 Å². The zero-order valence-corrected chi connectivity index (χ0v) is 22.2. The topological polar surface area (TPSA) is 86.6 Å². The van der Waals surface area contributed by atoms with Gasteiger partial charge in [0.1, 0.15) is 6.54 Å². The van der Waals surface area contributed by atoms with Crippen molar-refractivity contribution in [1.82, 2.24) is 5.32 Å². The van der Waals surface area contributed by atoms with E-state index < -0.39 is 31.5 Å². The number of benzene rings is 2. The summed E-state index contributed by atoms with van der Waals surface area (Å²) in [7, 11) is 3.23. The lowest BCUT2D eigenvalue weighted by Crippen LogP contribution is -2.36. The third kappa shape index (κ3) is 9.44. The van der Waals surface area contributed by atoms with Gasteiger partial charge in [-0.1, -0.05) is 17.7 Å². The van der Waals surface area contributed by atoms with E-state index >= 15 is 0 Å². The van der Waals surface area contributed by atoms with Gasteiger partial charge in [0.25, 0.3) is 0 Å². The van der Waals surface area contributed by atoms with Crippen LogP contribution in [0.15, 0.2) is 48.0 Å². The third-order valence-corrected chi connectivity index (χ3v) is 6.83. The number of thiophene rings is 1. The van der Waals surface area contributed by atoms with Crippen molar-refractivity contribution in [3.05, 3.63) is 75.8 Å². The molecule has 0 saturated carbocycles. The average Bonchev–Trinajstić information content (AvgIpc) is 3.16. The molecule has 0 bridgehead atoms. The molecule has 3 N–H and O–H groups in total. The number of aliphatic hydroxyl groups is 1. The summed E-state index contributed by atoms with van der Waals surface area (Å²) in [5, 5.41) is 14.0. The van der Waals surface area contributed by atoms with Crippen molar-refractivity contribution in [2.45, 2.75) is 5.92 Å². The highest BCUT2D eigenvalue weighted by Crippen LogP contribution is 2.36. The Hall–Kier alpha value is -2.13. The summed E-state index contributed by atoms with van der Waals surface area (Å²) in [4.78, 5) is 22.1. The van der Waals surface area contributed by atoms with E-state index in [2.05, 4.69) is 26.5 Å². The van der Waals surface area contributed by atoms with Crippen LogP contribution in [0, 0.1) is 11.6 Å². The van der Waals surface area contributed by atoms with Gasteiger partial charge in [-0.2, -0.15) is 0 Å². The molecule has 1 amide bonds. The molecule has 0 aliphatic heterocycles. The highest BCUT2D eigenvalue weighted by atomic mass is 35.5. The van der Waals surface area contributed by atoms with Gasteiger partial charge in [0.15, 0.2) is 19.7 Å². The number of amides is 1. The van der Waals surface area contributed by atoms with Gasteiger partial charge >= 0.3 is 0 Å². The first-order valence-electron chi connectivity index (χ1n) is 10.6. The molecule has 190 valence electrons. The summed E-state index contributed by atoms with van der Waals surface area (Å²) >= 11 is 7.46. The average molecular weight is 546 g/mol. The van der Waals surface area contributed by atoms with Crippen LogP contribution in [0.1, 0.15) is 17.0 Å². The summed E-state index contributed by atoms with van der Waals surface area (Å²) in [6.45, 7) is 1.11. The van der Waals surface area contributed by atoms with E-state index in [4.69, 9.17) is 16.7 Å². The van der Waals surface area contributed by atoms with Gasteiger partial charge in [-0.3, -0.25) is 9.36 Å². The minimum absolute atomic E-state index is 0.214. The number of quaternary nitrogens is 1. The maximum absolute atomic E-state index is 13.2. The van der Waals surface area contributed by atoms with E-state index in [1.165, 1.54) is 29.7 Å². The van der Waals surface area contributed by atoms with E-state index in [1.54, 1.807) is 17.5 Å². The zero-order chi connectivity index (χ0) is 26.2. The molecule has 0 aliphatic rings. The van der Waals surface area contributed by atoms with Crippen molar-refractivity contribution >= 4 is 53.0 Å². The Bertz CT molecular complexity index is 1210. The van der Waals surface area contributed by atoms with E-state index in [9.17, 15) is 23.0 Å². The molecule has 6 nitrogen and oxygen atoms in total. The third-order valence-electron chi connectivity index (χ3n) is 4.85. The van der Waals surface area contributed by atoms with Crippen molar-refractivity contribution in [1.29, 1.82) is 0 Å². The summed E-state index contributed by atoms with van der Waals surface area (Å²) in [6.07, 6.45) is 2.48. The lowest BCUT2D eigenvalue weighted by molar-refractivity contribution is -0.870. The number of halogens is 3. The second-order valence-electron chi connectivity index (χ2n) is 8.73. The summed E-state index contributed by atoms with van der Waals surface area (Å²) < 4.78 is 39.4. The number of nitrogens with one attached hydrogen (secondary N) is 1. The molecule has 11 heteroatoms. The molecular formula is C24H29ClF2N2O4PS+. The van der Waals surface area contributed by atoms with Crippen LogP contribution in [0.3, 0.4) is 0 Å². The normalized spacial score (nSPS) is 13.4. The smallest absolute Gasteiger partial charge is 0.232 e. The fraction of sp³-hybridized carbons (Fsp3) is 0.292. The summed E-state index contributed by atoms with van der Waals surface area (Å²) in [5.74, 6) is -3.28. The first-order chi connectivity index (χ1) is 16.4. The SMILES string of the molecule is C[N+](C)(C)CCO.O=C(N/C=C/c1ccc(F)c(F)c1)C(C[PH](=O)O)c1csc2ccc(Cl)cc12. The Morgan fingerprint density at radius 3 is 2.49 bits per heavy atom. The van der Waals surface area contributed by atoms with Gasteiger partial charge in [-0.15, -0.1) is 11.3 Å². The molecule has 0 fully saturated rings. The van der Waals surface area contributed by atoms with Gasteiger partial charge < -0.3 is 19.8 Å². The van der Waals surface area contributed by atoms with Gasteiger partial charge in [-0.05, 0) is 58.3 Å². The number of hydrogen-bond acceptors (Lipinski definition) is 4. The Labute approximate surface area is 212 Å². The molecule has 2 unspecified atom stereocenters.